The third-order valence-corrected chi connectivity index (χ3v) is 3.54. The summed E-state index contributed by atoms with van der Waals surface area (Å²) in [6.45, 7) is 7.07. The molecular weight excluding hydrogens is 214 g/mol. The number of hydrogen-bond donors (Lipinski definition) is 1. The number of likely N-dealkylation sites (tertiary alicyclic amines) is 1. The van der Waals surface area contributed by atoms with Crippen LogP contribution in [0.15, 0.2) is 6.33 Å². The highest BCUT2D eigenvalue weighted by atomic mass is 15.3. The van der Waals surface area contributed by atoms with E-state index in [0.717, 1.165) is 44.3 Å². The molecule has 0 radical (unpaired) electrons. The highest BCUT2D eigenvalue weighted by molar-refractivity contribution is 4.86. The van der Waals surface area contributed by atoms with Crippen LogP contribution >= 0.6 is 0 Å². The molecule has 1 atom stereocenters. The number of piperidine rings is 1. The molecule has 1 aliphatic rings. The predicted octanol–water partition coefficient (Wildman–Crippen LogP) is 0.859. The lowest BCUT2D eigenvalue weighted by molar-refractivity contribution is 0.157. The summed E-state index contributed by atoms with van der Waals surface area (Å²) in [5.41, 5.74) is 5.64. The maximum absolute atomic E-state index is 5.64. The van der Waals surface area contributed by atoms with Crippen LogP contribution in [0.25, 0.3) is 0 Å². The second-order valence-electron chi connectivity index (χ2n) is 4.81. The molecule has 1 aromatic heterocycles. The van der Waals surface area contributed by atoms with E-state index in [1.54, 1.807) is 6.33 Å². The zero-order valence-electron chi connectivity index (χ0n) is 10.7. The SMILES string of the molecule is CCn1ncnc1CN1CCCC(CCN)C1. The third kappa shape index (κ3) is 3.26. The van der Waals surface area contributed by atoms with E-state index >= 15 is 0 Å². The molecule has 1 saturated heterocycles. The first-order valence-electron chi connectivity index (χ1n) is 6.62. The molecule has 1 aromatic rings. The van der Waals surface area contributed by atoms with Crippen molar-refractivity contribution in [3.8, 4) is 0 Å². The lowest BCUT2D eigenvalue weighted by atomic mass is 9.95. The Morgan fingerprint density at radius 2 is 2.41 bits per heavy atom. The monoisotopic (exact) mass is 237 g/mol. The van der Waals surface area contributed by atoms with Gasteiger partial charge in [-0.15, -0.1) is 0 Å². The molecule has 0 aromatic carbocycles. The summed E-state index contributed by atoms with van der Waals surface area (Å²) < 4.78 is 1.98. The second kappa shape index (κ2) is 6.12. The molecule has 5 nitrogen and oxygen atoms in total. The van der Waals surface area contributed by atoms with Crippen molar-refractivity contribution >= 4 is 0 Å². The van der Waals surface area contributed by atoms with Gasteiger partial charge in [-0.1, -0.05) is 0 Å². The lowest BCUT2D eigenvalue weighted by Gasteiger charge is -2.32. The average Bonchev–Trinajstić information content (AvgIpc) is 2.77. The number of aromatic nitrogens is 3. The highest BCUT2D eigenvalue weighted by Gasteiger charge is 2.20. The Balaban J connectivity index is 1.90. The Morgan fingerprint density at radius 3 is 3.18 bits per heavy atom. The van der Waals surface area contributed by atoms with Crippen molar-refractivity contribution in [3.63, 3.8) is 0 Å². The van der Waals surface area contributed by atoms with Gasteiger partial charge >= 0.3 is 0 Å². The normalized spacial score (nSPS) is 21.9. The number of nitrogens with zero attached hydrogens (tertiary/aromatic N) is 4. The van der Waals surface area contributed by atoms with Gasteiger partial charge in [-0.05, 0) is 45.2 Å². The summed E-state index contributed by atoms with van der Waals surface area (Å²) in [5, 5.41) is 4.21. The van der Waals surface area contributed by atoms with Crippen LogP contribution in [-0.2, 0) is 13.1 Å². The summed E-state index contributed by atoms with van der Waals surface area (Å²) >= 11 is 0. The van der Waals surface area contributed by atoms with Gasteiger partial charge in [0.25, 0.3) is 0 Å². The molecular formula is C12H23N5. The largest absolute Gasteiger partial charge is 0.330 e. The van der Waals surface area contributed by atoms with Crippen molar-refractivity contribution < 1.29 is 0 Å². The first-order valence-corrected chi connectivity index (χ1v) is 6.62. The minimum atomic E-state index is 0.770. The van der Waals surface area contributed by atoms with Crippen LogP contribution in [0.2, 0.25) is 0 Å². The molecule has 17 heavy (non-hydrogen) atoms. The van der Waals surface area contributed by atoms with Gasteiger partial charge < -0.3 is 5.73 Å². The Kier molecular flexibility index (Phi) is 4.50. The standard InChI is InChI=1S/C12H23N5/c1-2-17-12(14-10-15-17)9-16-7-3-4-11(8-16)5-6-13/h10-11H,2-9,13H2,1H3. The molecule has 0 bridgehead atoms. The van der Waals surface area contributed by atoms with E-state index in [9.17, 15) is 0 Å². The molecule has 2 rings (SSSR count). The van der Waals surface area contributed by atoms with E-state index in [1.165, 1.54) is 19.4 Å². The fraction of sp³-hybridized carbons (Fsp3) is 0.833. The summed E-state index contributed by atoms with van der Waals surface area (Å²) in [6.07, 6.45) is 5.41. The van der Waals surface area contributed by atoms with E-state index in [2.05, 4.69) is 21.9 Å². The highest BCUT2D eigenvalue weighted by Crippen LogP contribution is 2.20. The van der Waals surface area contributed by atoms with Crippen LogP contribution in [0.5, 0.6) is 0 Å². The molecule has 1 unspecified atom stereocenters. The Bertz CT molecular complexity index is 333. The molecule has 1 aliphatic heterocycles. The Hall–Kier alpha value is -0.940. The first-order chi connectivity index (χ1) is 8.33. The van der Waals surface area contributed by atoms with Gasteiger partial charge in [0.15, 0.2) is 0 Å². The number of hydrogen-bond acceptors (Lipinski definition) is 4. The van der Waals surface area contributed by atoms with Gasteiger partial charge in [0.05, 0.1) is 6.54 Å². The minimum absolute atomic E-state index is 0.770. The average molecular weight is 237 g/mol. The van der Waals surface area contributed by atoms with Crippen LogP contribution in [0.4, 0.5) is 0 Å². The van der Waals surface area contributed by atoms with Crippen LogP contribution in [0.1, 0.15) is 32.0 Å². The summed E-state index contributed by atoms with van der Waals surface area (Å²) in [4.78, 5) is 6.82. The van der Waals surface area contributed by atoms with E-state index < -0.39 is 0 Å². The second-order valence-corrected chi connectivity index (χ2v) is 4.81. The fourth-order valence-corrected chi connectivity index (χ4v) is 2.64. The minimum Gasteiger partial charge on any atom is -0.330 e. The number of rotatable bonds is 5. The van der Waals surface area contributed by atoms with Gasteiger partial charge in [-0.3, -0.25) is 4.90 Å². The Labute approximate surface area is 103 Å². The molecule has 2 N–H and O–H groups in total. The fourth-order valence-electron chi connectivity index (χ4n) is 2.64. The molecule has 0 amide bonds. The van der Waals surface area contributed by atoms with Crippen molar-refractivity contribution in [1.82, 2.24) is 19.7 Å². The van der Waals surface area contributed by atoms with E-state index in [-0.39, 0.29) is 0 Å². The first kappa shape index (κ1) is 12.5. The molecule has 0 saturated carbocycles. The van der Waals surface area contributed by atoms with Gasteiger partial charge in [0.1, 0.15) is 12.2 Å². The summed E-state index contributed by atoms with van der Waals surface area (Å²) in [5.74, 6) is 1.85. The predicted molar refractivity (Wildman–Crippen MR) is 67.4 cm³/mol. The third-order valence-electron chi connectivity index (χ3n) is 3.54. The molecule has 0 spiro atoms. The van der Waals surface area contributed by atoms with Crippen molar-refractivity contribution in [3.05, 3.63) is 12.2 Å². The topological polar surface area (TPSA) is 60.0 Å². The van der Waals surface area contributed by atoms with E-state index in [1.807, 2.05) is 4.68 Å². The van der Waals surface area contributed by atoms with Crippen molar-refractivity contribution in [2.45, 2.75) is 39.3 Å². The molecule has 1 fully saturated rings. The van der Waals surface area contributed by atoms with Crippen LogP contribution < -0.4 is 5.73 Å². The van der Waals surface area contributed by atoms with Crippen molar-refractivity contribution in [2.24, 2.45) is 11.7 Å². The molecule has 96 valence electrons. The zero-order valence-corrected chi connectivity index (χ0v) is 10.7. The van der Waals surface area contributed by atoms with Gasteiger partial charge in [-0.25, -0.2) is 9.67 Å². The van der Waals surface area contributed by atoms with E-state index in [0.29, 0.717) is 0 Å². The zero-order chi connectivity index (χ0) is 12.1. The van der Waals surface area contributed by atoms with Crippen LogP contribution in [0.3, 0.4) is 0 Å². The molecule has 0 aliphatic carbocycles. The Morgan fingerprint density at radius 1 is 1.53 bits per heavy atom. The molecule has 5 heteroatoms. The maximum Gasteiger partial charge on any atom is 0.140 e. The number of nitrogens with two attached hydrogens (primary N) is 1. The maximum atomic E-state index is 5.64. The van der Waals surface area contributed by atoms with Gasteiger partial charge in [-0.2, -0.15) is 5.10 Å². The van der Waals surface area contributed by atoms with Crippen LogP contribution in [-0.4, -0.2) is 39.3 Å². The quantitative estimate of drug-likeness (QED) is 0.825. The van der Waals surface area contributed by atoms with E-state index in [4.69, 9.17) is 5.73 Å². The van der Waals surface area contributed by atoms with Gasteiger partial charge in [0, 0.05) is 13.1 Å². The summed E-state index contributed by atoms with van der Waals surface area (Å²) in [6, 6.07) is 0. The van der Waals surface area contributed by atoms with Crippen LogP contribution in [0, 0.1) is 5.92 Å². The van der Waals surface area contributed by atoms with Crippen molar-refractivity contribution in [2.75, 3.05) is 19.6 Å². The van der Waals surface area contributed by atoms with Gasteiger partial charge in [0.2, 0.25) is 0 Å². The van der Waals surface area contributed by atoms with Crippen molar-refractivity contribution in [1.29, 1.82) is 0 Å². The smallest absolute Gasteiger partial charge is 0.140 e. The lowest BCUT2D eigenvalue weighted by Crippen LogP contribution is -2.36. The summed E-state index contributed by atoms with van der Waals surface area (Å²) in [7, 11) is 0. The number of aryl methyl sites for hydroxylation is 1. The molecule has 2 heterocycles.